The molecule has 0 aliphatic carbocycles. The molecule has 80 valence electrons. The van der Waals surface area contributed by atoms with E-state index in [0.717, 1.165) is 12.3 Å². The number of hydrogen-bond donors (Lipinski definition) is 0. The maximum Gasteiger partial charge on any atom is 0.0797 e. The molecule has 0 saturated carbocycles. The summed E-state index contributed by atoms with van der Waals surface area (Å²) in [5.74, 6) is 2.09. The molecule has 0 N–H and O–H groups in total. The minimum Gasteiger partial charge on any atom is -0.250 e. The van der Waals surface area contributed by atoms with E-state index in [1.54, 1.807) is 11.3 Å². The third-order valence-electron chi connectivity index (χ3n) is 2.73. The van der Waals surface area contributed by atoms with Crippen LogP contribution in [0.1, 0.15) is 30.8 Å². The second-order valence-electron chi connectivity index (χ2n) is 4.06. The van der Waals surface area contributed by atoms with Crippen LogP contribution in [-0.4, -0.2) is 10.9 Å². The van der Waals surface area contributed by atoms with Crippen LogP contribution in [0, 0.1) is 18.8 Å². The number of halogens is 1. The van der Waals surface area contributed by atoms with E-state index in [4.69, 9.17) is 11.6 Å². The maximum atomic E-state index is 5.93. The molecule has 1 rings (SSSR count). The lowest BCUT2D eigenvalue weighted by molar-refractivity contribution is 0.398. The summed E-state index contributed by atoms with van der Waals surface area (Å²) in [7, 11) is 0. The molecule has 1 atom stereocenters. The number of rotatable bonds is 5. The molecule has 14 heavy (non-hydrogen) atoms. The Morgan fingerprint density at radius 3 is 2.64 bits per heavy atom. The molecule has 0 aromatic carbocycles. The van der Waals surface area contributed by atoms with Crippen molar-refractivity contribution in [3.8, 4) is 0 Å². The van der Waals surface area contributed by atoms with Gasteiger partial charge in [0.15, 0.2) is 0 Å². The Morgan fingerprint density at radius 2 is 2.21 bits per heavy atom. The van der Waals surface area contributed by atoms with Crippen molar-refractivity contribution in [2.45, 2.75) is 33.6 Å². The highest BCUT2D eigenvalue weighted by Crippen LogP contribution is 2.22. The van der Waals surface area contributed by atoms with Crippen LogP contribution in [0.15, 0.2) is 5.51 Å². The number of alkyl halides is 1. The Balaban J connectivity index is 2.43. The highest BCUT2D eigenvalue weighted by molar-refractivity contribution is 7.09. The minimum absolute atomic E-state index is 0.637. The Kier molecular flexibility index (Phi) is 4.90. The Bertz CT molecular complexity index is 270. The van der Waals surface area contributed by atoms with Crippen molar-refractivity contribution in [1.82, 2.24) is 4.98 Å². The molecule has 0 fully saturated rings. The summed E-state index contributed by atoms with van der Waals surface area (Å²) in [4.78, 5) is 5.67. The van der Waals surface area contributed by atoms with E-state index < -0.39 is 0 Å². The number of aromatic nitrogens is 1. The van der Waals surface area contributed by atoms with Crippen LogP contribution in [-0.2, 0) is 6.42 Å². The zero-order chi connectivity index (χ0) is 10.6. The van der Waals surface area contributed by atoms with Gasteiger partial charge in [-0.05, 0) is 31.6 Å². The molecule has 1 aromatic rings. The molecule has 1 aromatic heterocycles. The van der Waals surface area contributed by atoms with Gasteiger partial charge >= 0.3 is 0 Å². The molecule has 0 bridgehead atoms. The van der Waals surface area contributed by atoms with Crippen LogP contribution in [0.2, 0.25) is 0 Å². The molecule has 1 heterocycles. The van der Waals surface area contributed by atoms with Crippen molar-refractivity contribution in [3.63, 3.8) is 0 Å². The van der Waals surface area contributed by atoms with Gasteiger partial charge in [0.05, 0.1) is 11.2 Å². The lowest BCUT2D eigenvalue weighted by atomic mass is 9.92. The van der Waals surface area contributed by atoms with Gasteiger partial charge in [-0.25, -0.2) is 4.98 Å². The van der Waals surface area contributed by atoms with Crippen LogP contribution >= 0.6 is 22.9 Å². The average Bonchev–Trinajstić information content (AvgIpc) is 2.52. The Hall–Kier alpha value is -0.0800. The molecular formula is C11H18ClNS. The summed E-state index contributed by atoms with van der Waals surface area (Å²) in [6, 6.07) is 0. The van der Waals surface area contributed by atoms with Crippen molar-refractivity contribution in [2.24, 2.45) is 11.8 Å². The van der Waals surface area contributed by atoms with Gasteiger partial charge < -0.3 is 0 Å². The summed E-state index contributed by atoms with van der Waals surface area (Å²) < 4.78 is 0. The smallest absolute Gasteiger partial charge is 0.0797 e. The maximum absolute atomic E-state index is 5.93. The van der Waals surface area contributed by atoms with E-state index in [-0.39, 0.29) is 0 Å². The predicted molar refractivity (Wildman–Crippen MR) is 64.2 cm³/mol. The van der Waals surface area contributed by atoms with Gasteiger partial charge in [-0.15, -0.1) is 22.9 Å². The summed E-state index contributed by atoms with van der Waals surface area (Å²) in [6.07, 6.45) is 2.32. The van der Waals surface area contributed by atoms with Crippen LogP contribution in [0.3, 0.4) is 0 Å². The zero-order valence-corrected chi connectivity index (χ0v) is 10.7. The first-order valence-electron chi connectivity index (χ1n) is 5.10. The van der Waals surface area contributed by atoms with E-state index in [0.29, 0.717) is 11.8 Å². The second-order valence-corrected chi connectivity index (χ2v) is 5.31. The van der Waals surface area contributed by atoms with Crippen molar-refractivity contribution in [3.05, 3.63) is 16.1 Å². The number of thiazole rings is 1. The van der Waals surface area contributed by atoms with Crippen LogP contribution < -0.4 is 0 Å². The highest BCUT2D eigenvalue weighted by atomic mass is 35.5. The standard InChI is InChI=1S/C11H18ClNS/c1-8(2)10(6-12)4-5-11-9(3)13-7-14-11/h7-8,10H,4-6H2,1-3H3. The normalized spacial score (nSPS) is 13.5. The first-order valence-corrected chi connectivity index (χ1v) is 6.51. The van der Waals surface area contributed by atoms with E-state index in [1.807, 2.05) is 5.51 Å². The Labute approximate surface area is 95.5 Å². The fraction of sp³-hybridized carbons (Fsp3) is 0.727. The first kappa shape index (κ1) is 12.0. The Morgan fingerprint density at radius 1 is 1.50 bits per heavy atom. The lowest BCUT2D eigenvalue weighted by Crippen LogP contribution is -2.11. The minimum atomic E-state index is 0.637. The third-order valence-corrected chi connectivity index (χ3v) is 4.12. The molecular weight excluding hydrogens is 214 g/mol. The predicted octanol–water partition coefficient (Wildman–Crippen LogP) is 3.90. The van der Waals surface area contributed by atoms with Gasteiger partial charge in [0, 0.05) is 10.8 Å². The van der Waals surface area contributed by atoms with Crippen molar-refractivity contribution < 1.29 is 0 Å². The first-order chi connectivity index (χ1) is 6.65. The van der Waals surface area contributed by atoms with E-state index in [1.165, 1.54) is 17.0 Å². The van der Waals surface area contributed by atoms with Crippen molar-refractivity contribution in [2.75, 3.05) is 5.88 Å². The van der Waals surface area contributed by atoms with Gasteiger partial charge in [-0.2, -0.15) is 0 Å². The summed E-state index contributed by atoms with van der Waals surface area (Å²) >= 11 is 7.69. The molecule has 1 unspecified atom stereocenters. The van der Waals surface area contributed by atoms with Gasteiger partial charge in [-0.1, -0.05) is 13.8 Å². The average molecular weight is 232 g/mol. The fourth-order valence-electron chi connectivity index (χ4n) is 1.47. The van der Waals surface area contributed by atoms with E-state index in [9.17, 15) is 0 Å². The monoisotopic (exact) mass is 231 g/mol. The van der Waals surface area contributed by atoms with E-state index in [2.05, 4.69) is 25.8 Å². The van der Waals surface area contributed by atoms with Gasteiger partial charge in [0.1, 0.15) is 0 Å². The highest BCUT2D eigenvalue weighted by Gasteiger charge is 2.13. The van der Waals surface area contributed by atoms with E-state index >= 15 is 0 Å². The number of hydrogen-bond acceptors (Lipinski definition) is 2. The number of aryl methyl sites for hydroxylation is 2. The summed E-state index contributed by atoms with van der Waals surface area (Å²) in [6.45, 7) is 6.57. The summed E-state index contributed by atoms with van der Waals surface area (Å²) in [5, 5.41) is 0. The van der Waals surface area contributed by atoms with Crippen LogP contribution in [0.5, 0.6) is 0 Å². The SMILES string of the molecule is Cc1ncsc1CCC(CCl)C(C)C. The quantitative estimate of drug-likeness (QED) is 0.701. The molecule has 0 aliphatic heterocycles. The summed E-state index contributed by atoms with van der Waals surface area (Å²) in [5.41, 5.74) is 3.11. The second kappa shape index (κ2) is 5.72. The number of nitrogens with zero attached hydrogens (tertiary/aromatic N) is 1. The zero-order valence-electron chi connectivity index (χ0n) is 9.09. The largest absolute Gasteiger partial charge is 0.250 e. The molecule has 0 spiro atoms. The topological polar surface area (TPSA) is 12.9 Å². The fourth-order valence-corrected chi connectivity index (χ4v) is 2.78. The van der Waals surface area contributed by atoms with Crippen LogP contribution in [0.4, 0.5) is 0 Å². The van der Waals surface area contributed by atoms with Crippen molar-refractivity contribution in [1.29, 1.82) is 0 Å². The van der Waals surface area contributed by atoms with Gasteiger partial charge in [-0.3, -0.25) is 0 Å². The molecule has 0 amide bonds. The van der Waals surface area contributed by atoms with Gasteiger partial charge in [0.25, 0.3) is 0 Å². The molecule has 0 radical (unpaired) electrons. The van der Waals surface area contributed by atoms with Crippen LogP contribution in [0.25, 0.3) is 0 Å². The lowest BCUT2D eigenvalue weighted by Gasteiger charge is -2.17. The molecule has 0 saturated heterocycles. The van der Waals surface area contributed by atoms with Gasteiger partial charge in [0.2, 0.25) is 0 Å². The molecule has 0 aliphatic rings. The molecule has 3 heteroatoms. The third kappa shape index (κ3) is 3.25. The molecule has 1 nitrogen and oxygen atoms in total. The van der Waals surface area contributed by atoms with Crippen molar-refractivity contribution >= 4 is 22.9 Å².